The molecule has 0 atom stereocenters. The predicted octanol–water partition coefficient (Wildman–Crippen LogP) is 2.99. The first kappa shape index (κ1) is 14.2. The molecule has 0 aliphatic rings. The quantitative estimate of drug-likeness (QED) is 0.344. The van der Waals surface area contributed by atoms with Crippen LogP contribution in [0.15, 0.2) is 18.2 Å². The molecule has 0 heterocycles. The summed E-state index contributed by atoms with van der Waals surface area (Å²) in [7, 11) is 0. The minimum Gasteiger partial charge on any atom is -0.462 e. The van der Waals surface area contributed by atoms with Crippen LogP contribution in [-0.4, -0.2) is 18.9 Å². The summed E-state index contributed by atoms with van der Waals surface area (Å²) in [6.45, 7) is 2.17. The molecule has 1 aromatic rings. The predicted molar refractivity (Wildman–Crippen MR) is 74.1 cm³/mol. The summed E-state index contributed by atoms with van der Waals surface area (Å²) in [5.41, 5.74) is 1.67. The molecule has 0 aliphatic carbocycles. The Morgan fingerprint density at radius 1 is 1.47 bits per heavy atom. The molecule has 0 N–H and O–H groups in total. The maximum atomic E-state index is 11.6. The van der Waals surface area contributed by atoms with E-state index >= 15 is 0 Å². The molecule has 1 rings (SSSR count). The van der Waals surface area contributed by atoms with Crippen molar-refractivity contribution in [2.24, 2.45) is 0 Å². The van der Waals surface area contributed by atoms with Gasteiger partial charge in [-0.3, -0.25) is 0 Å². The highest BCUT2D eigenvalue weighted by Gasteiger charge is 2.09. The van der Waals surface area contributed by atoms with E-state index in [0.717, 1.165) is 28.3 Å². The molecule has 0 saturated heterocycles. The van der Waals surface area contributed by atoms with E-state index in [-0.39, 0.29) is 5.97 Å². The van der Waals surface area contributed by atoms with Crippen molar-refractivity contribution < 1.29 is 14.3 Å². The fourth-order valence-electron chi connectivity index (χ4n) is 1.48. The van der Waals surface area contributed by atoms with Crippen LogP contribution in [0.5, 0.6) is 0 Å². The van der Waals surface area contributed by atoms with E-state index in [1.54, 1.807) is 13.0 Å². The summed E-state index contributed by atoms with van der Waals surface area (Å²) in [4.78, 5) is 21.8. The van der Waals surface area contributed by atoms with Gasteiger partial charge in [-0.1, -0.05) is 0 Å². The highest BCUT2D eigenvalue weighted by atomic mass is 127. The van der Waals surface area contributed by atoms with Crippen LogP contribution >= 0.6 is 22.6 Å². The zero-order chi connectivity index (χ0) is 12.7. The molecule has 0 bridgehead atoms. The van der Waals surface area contributed by atoms with Crippen molar-refractivity contribution in [1.29, 1.82) is 0 Å². The van der Waals surface area contributed by atoms with Crippen molar-refractivity contribution in [2.75, 3.05) is 6.61 Å². The lowest BCUT2D eigenvalue weighted by Crippen LogP contribution is -2.05. The van der Waals surface area contributed by atoms with E-state index < -0.39 is 0 Å². The number of ether oxygens (including phenoxy) is 1. The Labute approximate surface area is 115 Å². The van der Waals surface area contributed by atoms with Gasteiger partial charge in [0.1, 0.15) is 6.29 Å². The molecule has 0 spiro atoms. The number of esters is 1. The molecule has 0 saturated carbocycles. The van der Waals surface area contributed by atoms with Crippen LogP contribution in [0.4, 0.5) is 0 Å². The molecular formula is C13H15IO3. The Balaban J connectivity index is 2.78. The average Bonchev–Trinajstić information content (AvgIpc) is 2.32. The second-order valence-corrected chi connectivity index (χ2v) is 4.75. The van der Waals surface area contributed by atoms with Gasteiger partial charge in [0.05, 0.1) is 12.2 Å². The number of carbonyl (C=O) groups excluding carboxylic acids is 2. The third kappa shape index (κ3) is 4.46. The first-order valence-corrected chi connectivity index (χ1v) is 6.66. The summed E-state index contributed by atoms with van der Waals surface area (Å²) in [5.74, 6) is -0.291. The highest BCUT2D eigenvalue weighted by molar-refractivity contribution is 14.1. The molecule has 3 nitrogen and oxygen atoms in total. The Morgan fingerprint density at radius 2 is 2.24 bits per heavy atom. The monoisotopic (exact) mass is 346 g/mol. The number of aldehydes is 1. The van der Waals surface area contributed by atoms with Gasteiger partial charge < -0.3 is 9.53 Å². The molecule has 1 aromatic carbocycles. The van der Waals surface area contributed by atoms with Gasteiger partial charge in [0.25, 0.3) is 0 Å². The van der Waals surface area contributed by atoms with Crippen LogP contribution in [0.2, 0.25) is 0 Å². The second kappa shape index (κ2) is 7.42. The van der Waals surface area contributed by atoms with Gasteiger partial charge in [0, 0.05) is 9.99 Å². The van der Waals surface area contributed by atoms with Gasteiger partial charge in [-0.15, -0.1) is 0 Å². The van der Waals surface area contributed by atoms with Crippen LogP contribution in [0.3, 0.4) is 0 Å². The molecule has 0 aliphatic heterocycles. The van der Waals surface area contributed by atoms with Crippen LogP contribution in [0, 0.1) is 3.57 Å². The molecule has 0 amide bonds. The van der Waals surface area contributed by atoms with E-state index in [1.165, 1.54) is 0 Å². The molecule has 17 heavy (non-hydrogen) atoms. The van der Waals surface area contributed by atoms with Crippen molar-refractivity contribution >= 4 is 34.8 Å². The number of benzene rings is 1. The average molecular weight is 346 g/mol. The molecule has 92 valence electrons. The number of aryl methyl sites for hydroxylation is 1. The Bertz CT molecular complexity index is 402. The second-order valence-electron chi connectivity index (χ2n) is 3.59. The van der Waals surface area contributed by atoms with Gasteiger partial charge in [-0.2, -0.15) is 0 Å². The van der Waals surface area contributed by atoms with E-state index in [0.29, 0.717) is 18.6 Å². The summed E-state index contributed by atoms with van der Waals surface area (Å²) in [6.07, 6.45) is 3.10. The SMILES string of the molecule is CCOC(=O)c1ccc(I)c(CCCC=O)c1. The van der Waals surface area contributed by atoms with Crippen molar-refractivity contribution in [3.05, 3.63) is 32.9 Å². The third-order valence-corrected chi connectivity index (χ3v) is 3.38. The molecule has 0 aromatic heterocycles. The van der Waals surface area contributed by atoms with Gasteiger partial charge in [-0.25, -0.2) is 4.79 Å². The zero-order valence-corrected chi connectivity index (χ0v) is 11.9. The lowest BCUT2D eigenvalue weighted by molar-refractivity contribution is -0.107. The van der Waals surface area contributed by atoms with E-state index in [9.17, 15) is 9.59 Å². The largest absolute Gasteiger partial charge is 0.462 e. The molecule has 0 unspecified atom stereocenters. The van der Waals surface area contributed by atoms with Gasteiger partial charge in [0.15, 0.2) is 0 Å². The normalized spacial score (nSPS) is 10.0. The number of rotatable bonds is 6. The molecular weight excluding hydrogens is 331 g/mol. The van der Waals surface area contributed by atoms with Crippen LogP contribution < -0.4 is 0 Å². The number of carbonyl (C=O) groups is 2. The Kier molecular flexibility index (Phi) is 6.18. The van der Waals surface area contributed by atoms with Gasteiger partial charge in [0.2, 0.25) is 0 Å². The standard InChI is InChI=1S/C13H15IO3/c1-2-17-13(16)11-6-7-12(14)10(9-11)5-3-4-8-15/h6-9H,2-5H2,1H3. The van der Waals surface area contributed by atoms with Crippen molar-refractivity contribution in [2.45, 2.75) is 26.2 Å². The fraction of sp³-hybridized carbons (Fsp3) is 0.385. The van der Waals surface area contributed by atoms with E-state index in [1.807, 2.05) is 12.1 Å². The van der Waals surface area contributed by atoms with Crippen LogP contribution in [0.1, 0.15) is 35.7 Å². The van der Waals surface area contributed by atoms with E-state index in [2.05, 4.69) is 22.6 Å². The van der Waals surface area contributed by atoms with Crippen molar-refractivity contribution in [3.63, 3.8) is 0 Å². The van der Waals surface area contributed by atoms with Crippen LogP contribution in [-0.2, 0) is 16.0 Å². The maximum absolute atomic E-state index is 11.6. The minimum atomic E-state index is -0.291. The lowest BCUT2D eigenvalue weighted by Gasteiger charge is -2.07. The number of hydrogen-bond donors (Lipinski definition) is 0. The fourth-order valence-corrected chi connectivity index (χ4v) is 2.09. The van der Waals surface area contributed by atoms with Gasteiger partial charge >= 0.3 is 5.97 Å². The van der Waals surface area contributed by atoms with Crippen molar-refractivity contribution in [3.8, 4) is 0 Å². The van der Waals surface area contributed by atoms with Crippen LogP contribution in [0.25, 0.3) is 0 Å². The summed E-state index contributed by atoms with van der Waals surface area (Å²) in [6, 6.07) is 5.52. The minimum absolute atomic E-state index is 0.291. The number of unbranched alkanes of at least 4 members (excludes halogenated alkanes) is 1. The van der Waals surface area contributed by atoms with Gasteiger partial charge in [-0.05, 0) is 66.1 Å². The maximum Gasteiger partial charge on any atom is 0.338 e. The topological polar surface area (TPSA) is 43.4 Å². The molecule has 4 heteroatoms. The van der Waals surface area contributed by atoms with Crippen molar-refractivity contribution in [1.82, 2.24) is 0 Å². The Hall–Kier alpha value is -0.910. The molecule has 0 fully saturated rings. The smallest absolute Gasteiger partial charge is 0.338 e. The third-order valence-electron chi connectivity index (χ3n) is 2.32. The lowest BCUT2D eigenvalue weighted by atomic mass is 10.1. The number of halogens is 1. The Morgan fingerprint density at radius 3 is 2.88 bits per heavy atom. The first-order valence-electron chi connectivity index (χ1n) is 5.58. The summed E-state index contributed by atoms with van der Waals surface area (Å²) in [5, 5.41) is 0. The van der Waals surface area contributed by atoms with E-state index in [4.69, 9.17) is 4.74 Å². The number of hydrogen-bond acceptors (Lipinski definition) is 3. The zero-order valence-electron chi connectivity index (χ0n) is 9.74. The molecule has 0 radical (unpaired) electrons. The highest BCUT2D eigenvalue weighted by Crippen LogP contribution is 2.17. The summed E-state index contributed by atoms with van der Waals surface area (Å²) < 4.78 is 6.06. The first-order chi connectivity index (χ1) is 8.19. The summed E-state index contributed by atoms with van der Waals surface area (Å²) >= 11 is 2.23.